The van der Waals surface area contributed by atoms with Crippen LogP contribution in [0.2, 0.25) is 0 Å². The Balaban J connectivity index is 1.89. The molecule has 1 saturated heterocycles. The van der Waals surface area contributed by atoms with Crippen molar-refractivity contribution in [2.24, 2.45) is 5.92 Å². The molecular weight excluding hydrogens is 176 g/mol. The zero-order valence-corrected chi connectivity index (χ0v) is 8.74. The molecule has 0 radical (unpaired) electrons. The summed E-state index contributed by atoms with van der Waals surface area (Å²) in [5, 5.41) is 11.6. The van der Waals surface area contributed by atoms with E-state index in [4.69, 9.17) is 0 Å². The molecule has 4 nitrogen and oxygen atoms in total. The smallest absolute Gasteiger partial charge is 0.0829 e. The van der Waals surface area contributed by atoms with Gasteiger partial charge in [0.05, 0.1) is 5.69 Å². The summed E-state index contributed by atoms with van der Waals surface area (Å²) >= 11 is 0. The maximum Gasteiger partial charge on any atom is 0.0829 e. The van der Waals surface area contributed by atoms with Crippen molar-refractivity contribution in [3.8, 4) is 0 Å². The van der Waals surface area contributed by atoms with Crippen LogP contribution in [0, 0.1) is 5.92 Å². The van der Waals surface area contributed by atoms with Gasteiger partial charge in [0.15, 0.2) is 0 Å². The first-order valence-electron chi connectivity index (χ1n) is 5.48. The molecule has 0 aliphatic carbocycles. The van der Waals surface area contributed by atoms with Crippen molar-refractivity contribution in [3.05, 3.63) is 11.9 Å². The van der Waals surface area contributed by atoms with E-state index >= 15 is 0 Å². The lowest BCUT2D eigenvalue weighted by Gasteiger charge is -2.21. The second-order valence-electron chi connectivity index (χ2n) is 3.96. The van der Waals surface area contributed by atoms with Gasteiger partial charge in [-0.25, -0.2) is 0 Å². The summed E-state index contributed by atoms with van der Waals surface area (Å²) in [6.07, 6.45) is 5.72. The molecule has 0 bridgehead atoms. The van der Waals surface area contributed by atoms with Crippen LogP contribution < -0.4 is 5.32 Å². The molecular formula is C10H18N4. The molecule has 0 saturated carbocycles. The summed E-state index contributed by atoms with van der Waals surface area (Å²) in [6.45, 7) is 5.32. The lowest BCUT2D eigenvalue weighted by Crippen LogP contribution is -2.28. The van der Waals surface area contributed by atoms with Crippen LogP contribution in [-0.4, -0.2) is 28.1 Å². The van der Waals surface area contributed by atoms with Crippen LogP contribution in [0.4, 0.5) is 0 Å². The third kappa shape index (κ3) is 2.32. The van der Waals surface area contributed by atoms with Gasteiger partial charge in [-0.15, -0.1) is 5.10 Å². The molecule has 2 heterocycles. The van der Waals surface area contributed by atoms with E-state index in [1.165, 1.54) is 12.8 Å². The fourth-order valence-corrected chi connectivity index (χ4v) is 1.97. The fourth-order valence-electron chi connectivity index (χ4n) is 1.97. The highest BCUT2D eigenvalue weighted by atomic mass is 15.4. The minimum atomic E-state index is 0.804. The van der Waals surface area contributed by atoms with Crippen molar-refractivity contribution in [1.29, 1.82) is 0 Å². The molecule has 0 atom stereocenters. The lowest BCUT2D eigenvalue weighted by atomic mass is 9.93. The molecule has 1 fully saturated rings. The summed E-state index contributed by atoms with van der Waals surface area (Å²) in [4.78, 5) is 0. The number of hydrogen-bond donors (Lipinski definition) is 1. The first-order valence-corrected chi connectivity index (χ1v) is 5.48. The Morgan fingerprint density at radius 1 is 1.50 bits per heavy atom. The highest BCUT2D eigenvalue weighted by Crippen LogP contribution is 2.16. The number of aryl methyl sites for hydroxylation is 1. The van der Waals surface area contributed by atoms with Crippen molar-refractivity contribution < 1.29 is 0 Å². The second kappa shape index (κ2) is 4.55. The summed E-state index contributed by atoms with van der Waals surface area (Å²) in [7, 11) is 0. The molecule has 0 amide bonds. The van der Waals surface area contributed by atoms with Gasteiger partial charge in [-0.2, -0.15) is 0 Å². The molecule has 0 aromatic carbocycles. The van der Waals surface area contributed by atoms with Gasteiger partial charge < -0.3 is 5.32 Å². The Labute approximate surface area is 84.7 Å². The van der Waals surface area contributed by atoms with E-state index in [2.05, 4.69) is 28.7 Å². The molecule has 4 heteroatoms. The molecule has 0 unspecified atom stereocenters. The minimum Gasteiger partial charge on any atom is -0.317 e. The first kappa shape index (κ1) is 9.65. The number of aromatic nitrogens is 3. The van der Waals surface area contributed by atoms with E-state index in [1.54, 1.807) is 0 Å². The van der Waals surface area contributed by atoms with E-state index in [1.807, 2.05) is 4.68 Å². The standard InChI is InChI=1S/C10H18N4/c1-2-14-8-10(12-13-14)7-9-3-5-11-6-4-9/h8-9,11H,2-7H2,1H3. The van der Waals surface area contributed by atoms with Crippen LogP contribution in [-0.2, 0) is 13.0 Å². The van der Waals surface area contributed by atoms with Crippen LogP contribution in [0.15, 0.2) is 6.20 Å². The molecule has 0 spiro atoms. The topological polar surface area (TPSA) is 42.7 Å². The van der Waals surface area contributed by atoms with E-state index in [-0.39, 0.29) is 0 Å². The van der Waals surface area contributed by atoms with Gasteiger partial charge in [0.25, 0.3) is 0 Å². The van der Waals surface area contributed by atoms with Crippen LogP contribution in [0.5, 0.6) is 0 Å². The minimum absolute atomic E-state index is 0.804. The summed E-state index contributed by atoms with van der Waals surface area (Å²) < 4.78 is 1.90. The quantitative estimate of drug-likeness (QED) is 0.775. The third-order valence-electron chi connectivity index (χ3n) is 2.87. The number of hydrogen-bond acceptors (Lipinski definition) is 3. The Kier molecular flexibility index (Phi) is 3.14. The number of nitrogens with one attached hydrogen (secondary N) is 1. The Morgan fingerprint density at radius 3 is 2.93 bits per heavy atom. The predicted octanol–water partition coefficient (Wildman–Crippen LogP) is 0.840. The molecule has 1 aliphatic heterocycles. The summed E-state index contributed by atoms with van der Waals surface area (Å²) in [6, 6.07) is 0. The van der Waals surface area contributed by atoms with E-state index in [0.29, 0.717) is 0 Å². The highest BCUT2D eigenvalue weighted by Gasteiger charge is 2.14. The monoisotopic (exact) mass is 194 g/mol. The number of rotatable bonds is 3. The third-order valence-corrected chi connectivity index (χ3v) is 2.87. The predicted molar refractivity (Wildman–Crippen MR) is 55.0 cm³/mol. The van der Waals surface area contributed by atoms with Gasteiger partial charge in [0.2, 0.25) is 0 Å². The van der Waals surface area contributed by atoms with Crippen LogP contribution in [0.25, 0.3) is 0 Å². The average molecular weight is 194 g/mol. The van der Waals surface area contributed by atoms with E-state index in [0.717, 1.165) is 37.7 Å². The number of nitrogens with zero attached hydrogens (tertiary/aromatic N) is 3. The van der Waals surface area contributed by atoms with Gasteiger partial charge in [-0.1, -0.05) is 5.21 Å². The number of piperidine rings is 1. The van der Waals surface area contributed by atoms with Gasteiger partial charge in [0, 0.05) is 12.7 Å². The maximum atomic E-state index is 4.17. The normalized spacial score (nSPS) is 18.6. The van der Waals surface area contributed by atoms with Gasteiger partial charge in [-0.3, -0.25) is 4.68 Å². The second-order valence-corrected chi connectivity index (χ2v) is 3.96. The van der Waals surface area contributed by atoms with Crippen molar-refractivity contribution in [2.75, 3.05) is 13.1 Å². The molecule has 2 rings (SSSR count). The zero-order valence-electron chi connectivity index (χ0n) is 8.74. The average Bonchev–Trinajstić information content (AvgIpc) is 2.67. The molecule has 1 aromatic heterocycles. The highest BCUT2D eigenvalue weighted by molar-refractivity contribution is 4.94. The summed E-state index contributed by atoms with van der Waals surface area (Å²) in [5.41, 5.74) is 1.15. The van der Waals surface area contributed by atoms with Gasteiger partial charge in [0.1, 0.15) is 0 Å². The van der Waals surface area contributed by atoms with Crippen molar-refractivity contribution in [2.45, 2.75) is 32.7 Å². The SMILES string of the molecule is CCn1cc(CC2CCNCC2)nn1. The van der Waals surface area contributed by atoms with Crippen LogP contribution in [0.3, 0.4) is 0 Å². The van der Waals surface area contributed by atoms with Crippen LogP contribution in [0.1, 0.15) is 25.5 Å². The molecule has 1 N–H and O–H groups in total. The van der Waals surface area contributed by atoms with Gasteiger partial charge in [-0.05, 0) is 45.2 Å². The Bertz CT molecular complexity index is 275. The first-order chi connectivity index (χ1) is 6.88. The van der Waals surface area contributed by atoms with Crippen LogP contribution >= 0.6 is 0 Å². The van der Waals surface area contributed by atoms with Crippen molar-refractivity contribution >= 4 is 0 Å². The van der Waals surface area contributed by atoms with Crippen molar-refractivity contribution in [3.63, 3.8) is 0 Å². The van der Waals surface area contributed by atoms with E-state index in [9.17, 15) is 0 Å². The van der Waals surface area contributed by atoms with Crippen molar-refractivity contribution in [1.82, 2.24) is 20.3 Å². The molecule has 1 aromatic rings. The Morgan fingerprint density at radius 2 is 2.29 bits per heavy atom. The van der Waals surface area contributed by atoms with Gasteiger partial charge >= 0.3 is 0 Å². The largest absolute Gasteiger partial charge is 0.317 e. The maximum absolute atomic E-state index is 4.17. The molecule has 14 heavy (non-hydrogen) atoms. The van der Waals surface area contributed by atoms with E-state index < -0.39 is 0 Å². The zero-order chi connectivity index (χ0) is 9.80. The molecule has 78 valence electrons. The Hall–Kier alpha value is -0.900. The summed E-state index contributed by atoms with van der Waals surface area (Å²) in [5.74, 6) is 0.804. The molecule has 1 aliphatic rings. The fraction of sp³-hybridized carbons (Fsp3) is 0.800. The lowest BCUT2D eigenvalue weighted by molar-refractivity contribution is 0.370.